The number of ether oxygens (including phenoxy) is 1. The van der Waals surface area contributed by atoms with Crippen LogP contribution < -0.4 is 10.6 Å². The van der Waals surface area contributed by atoms with Crippen molar-refractivity contribution in [2.45, 2.75) is 45.1 Å². The van der Waals surface area contributed by atoms with Crippen LogP contribution in [0.3, 0.4) is 0 Å². The molecular weight excluding hydrogens is 188 g/mol. The maximum absolute atomic E-state index is 5.30. The average molecular weight is 214 g/mol. The average Bonchev–Trinajstić information content (AvgIpc) is 2.29. The molecule has 2 N–H and O–H groups in total. The van der Waals surface area contributed by atoms with E-state index in [-0.39, 0.29) is 0 Å². The zero-order valence-electron chi connectivity index (χ0n) is 10.1. The molecule has 0 aromatic carbocycles. The van der Waals surface area contributed by atoms with Gasteiger partial charge in [-0.3, -0.25) is 0 Å². The van der Waals surface area contributed by atoms with Gasteiger partial charge < -0.3 is 15.4 Å². The SMILES string of the molecule is CCOCCCCCNC1CCNCC1. The Bertz CT molecular complexity index is 136. The van der Waals surface area contributed by atoms with Crippen molar-refractivity contribution in [1.29, 1.82) is 0 Å². The van der Waals surface area contributed by atoms with E-state index in [1.54, 1.807) is 0 Å². The van der Waals surface area contributed by atoms with Crippen molar-refractivity contribution < 1.29 is 4.74 Å². The molecule has 0 atom stereocenters. The van der Waals surface area contributed by atoms with Crippen LogP contribution in [0.5, 0.6) is 0 Å². The number of hydrogen-bond acceptors (Lipinski definition) is 3. The number of rotatable bonds is 8. The summed E-state index contributed by atoms with van der Waals surface area (Å²) in [5.41, 5.74) is 0. The molecule has 1 fully saturated rings. The summed E-state index contributed by atoms with van der Waals surface area (Å²) in [6.07, 6.45) is 6.37. The minimum absolute atomic E-state index is 0.762. The van der Waals surface area contributed by atoms with Crippen LogP contribution in [0.4, 0.5) is 0 Å². The number of unbranched alkanes of at least 4 members (excludes halogenated alkanes) is 2. The van der Waals surface area contributed by atoms with Gasteiger partial charge in [-0.1, -0.05) is 0 Å². The molecule has 0 unspecified atom stereocenters. The second-order valence-corrected chi connectivity index (χ2v) is 4.24. The molecule has 1 rings (SSSR count). The summed E-state index contributed by atoms with van der Waals surface area (Å²) in [6.45, 7) is 7.39. The summed E-state index contributed by atoms with van der Waals surface area (Å²) in [4.78, 5) is 0. The summed E-state index contributed by atoms with van der Waals surface area (Å²) in [7, 11) is 0. The molecule has 0 saturated carbocycles. The van der Waals surface area contributed by atoms with Crippen LogP contribution in [0.25, 0.3) is 0 Å². The monoisotopic (exact) mass is 214 g/mol. The van der Waals surface area contributed by atoms with E-state index in [1.807, 2.05) is 0 Å². The summed E-state index contributed by atoms with van der Waals surface area (Å²) < 4.78 is 5.30. The molecule has 90 valence electrons. The minimum Gasteiger partial charge on any atom is -0.382 e. The molecule has 1 saturated heterocycles. The van der Waals surface area contributed by atoms with Crippen LogP contribution in [0.2, 0.25) is 0 Å². The van der Waals surface area contributed by atoms with Crippen molar-refractivity contribution in [3.05, 3.63) is 0 Å². The van der Waals surface area contributed by atoms with Crippen LogP contribution in [0, 0.1) is 0 Å². The molecule has 0 amide bonds. The fourth-order valence-corrected chi connectivity index (χ4v) is 1.98. The van der Waals surface area contributed by atoms with Gasteiger partial charge in [0.25, 0.3) is 0 Å². The Morgan fingerprint density at radius 3 is 2.73 bits per heavy atom. The molecule has 3 heteroatoms. The third kappa shape index (κ3) is 6.88. The third-order valence-electron chi connectivity index (χ3n) is 2.94. The molecule has 3 nitrogen and oxygen atoms in total. The lowest BCUT2D eigenvalue weighted by atomic mass is 10.1. The third-order valence-corrected chi connectivity index (χ3v) is 2.94. The maximum atomic E-state index is 5.30. The fourth-order valence-electron chi connectivity index (χ4n) is 1.98. The topological polar surface area (TPSA) is 33.3 Å². The van der Waals surface area contributed by atoms with Gasteiger partial charge >= 0.3 is 0 Å². The summed E-state index contributed by atoms with van der Waals surface area (Å²) >= 11 is 0. The van der Waals surface area contributed by atoms with E-state index in [1.165, 1.54) is 51.7 Å². The Kier molecular flexibility index (Phi) is 7.88. The molecule has 0 aliphatic carbocycles. The first-order valence-electron chi connectivity index (χ1n) is 6.45. The largest absolute Gasteiger partial charge is 0.382 e. The van der Waals surface area contributed by atoms with E-state index in [2.05, 4.69) is 17.6 Å². The summed E-state index contributed by atoms with van der Waals surface area (Å²) in [5, 5.41) is 7.01. The van der Waals surface area contributed by atoms with E-state index >= 15 is 0 Å². The molecule has 1 aliphatic rings. The number of hydrogen-bond donors (Lipinski definition) is 2. The standard InChI is InChI=1S/C12H26N2O/c1-2-15-11-5-3-4-8-14-12-6-9-13-10-7-12/h12-14H,2-11H2,1H3. The van der Waals surface area contributed by atoms with Crippen LogP contribution in [0.1, 0.15) is 39.0 Å². The second kappa shape index (κ2) is 9.13. The van der Waals surface area contributed by atoms with Gasteiger partial charge in [-0.15, -0.1) is 0 Å². The first kappa shape index (κ1) is 12.9. The van der Waals surface area contributed by atoms with Crippen molar-refractivity contribution in [2.24, 2.45) is 0 Å². The highest BCUT2D eigenvalue weighted by molar-refractivity contribution is 4.73. The first-order valence-corrected chi connectivity index (χ1v) is 6.45. The normalized spacial score (nSPS) is 18.2. The first-order chi connectivity index (χ1) is 7.43. The highest BCUT2D eigenvalue weighted by Crippen LogP contribution is 2.02. The van der Waals surface area contributed by atoms with Gasteiger partial charge in [0.15, 0.2) is 0 Å². The van der Waals surface area contributed by atoms with Gasteiger partial charge in [-0.2, -0.15) is 0 Å². The lowest BCUT2D eigenvalue weighted by molar-refractivity contribution is 0.143. The quantitative estimate of drug-likeness (QED) is 0.601. The maximum Gasteiger partial charge on any atom is 0.0465 e. The fraction of sp³-hybridized carbons (Fsp3) is 1.00. The highest BCUT2D eigenvalue weighted by Gasteiger charge is 2.10. The van der Waals surface area contributed by atoms with Gasteiger partial charge in [0.05, 0.1) is 0 Å². The molecule has 0 spiro atoms. The minimum atomic E-state index is 0.762. The Morgan fingerprint density at radius 2 is 2.00 bits per heavy atom. The van der Waals surface area contributed by atoms with Crippen LogP contribution in [0.15, 0.2) is 0 Å². The Hall–Kier alpha value is -0.120. The number of nitrogens with one attached hydrogen (secondary N) is 2. The Labute approximate surface area is 94.0 Å². The van der Waals surface area contributed by atoms with Crippen LogP contribution in [-0.2, 0) is 4.74 Å². The molecular formula is C12H26N2O. The molecule has 0 aromatic heterocycles. The number of piperidine rings is 1. The van der Waals surface area contributed by atoms with Crippen molar-refractivity contribution in [3.8, 4) is 0 Å². The predicted octanol–water partition coefficient (Wildman–Crippen LogP) is 1.53. The molecule has 1 heterocycles. The van der Waals surface area contributed by atoms with E-state index in [0.717, 1.165) is 19.3 Å². The van der Waals surface area contributed by atoms with Gasteiger partial charge in [-0.25, -0.2) is 0 Å². The lowest BCUT2D eigenvalue weighted by Crippen LogP contribution is -2.40. The van der Waals surface area contributed by atoms with Gasteiger partial charge in [0.1, 0.15) is 0 Å². The molecule has 1 aliphatic heterocycles. The zero-order valence-corrected chi connectivity index (χ0v) is 10.1. The van der Waals surface area contributed by atoms with Crippen LogP contribution >= 0.6 is 0 Å². The van der Waals surface area contributed by atoms with Crippen molar-refractivity contribution in [2.75, 3.05) is 32.8 Å². The van der Waals surface area contributed by atoms with E-state index in [9.17, 15) is 0 Å². The molecule has 0 aromatic rings. The molecule has 15 heavy (non-hydrogen) atoms. The van der Waals surface area contributed by atoms with Gasteiger partial charge in [0, 0.05) is 19.3 Å². The van der Waals surface area contributed by atoms with Crippen LogP contribution in [-0.4, -0.2) is 38.9 Å². The van der Waals surface area contributed by atoms with Crippen molar-refractivity contribution in [3.63, 3.8) is 0 Å². The van der Waals surface area contributed by atoms with Crippen molar-refractivity contribution in [1.82, 2.24) is 10.6 Å². The zero-order chi connectivity index (χ0) is 10.8. The van der Waals surface area contributed by atoms with E-state index in [4.69, 9.17) is 4.74 Å². The van der Waals surface area contributed by atoms with Gasteiger partial charge in [-0.05, 0) is 58.7 Å². The lowest BCUT2D eigenvalue weighted by Gasteiger charge is -2.23. The second-order valence-electron chi connectivity index (χ2n) is 4.24. The Morgan fingerprint density at radius 1 is 1.20 bits per heavy atom. The molecule has 0 radical (unpaired) electrons. The van der Waals surface area contributed by atoms with E-state index in [0.29, 0.717) is 0 Å². The predicted molar refractivity (Wildman–Crippen MR) is 64.2 cm³/mol. The summed E-state index contributed by atoms with van der Waals surface area (Å²) in [6, 6.07) is 0.762. The smallest absolute Gasteiger partial charge is 0.0465 e. The Balaban J connectivity index is 1.79. The van der Waals surface area contributed by atoms with Crippen molar-refractivity contribution >= 4 is 0 Å². The van der Waals surface area contributed by atoms with Gasteiger partial charge in [0.2, 0.25) is 0 Å². The van der Waals surface area contributed by atoms with E-state index < -0.39 is 0 Å². The highest BCUT2D eigenvalue weighted by atomic mass is 16.5. The summed E-state index contributed by atoms with van der Waals surface area (Å²) in [5.74, 6) is 0. The molecule has 0 bridgehead atoms.